The standard InChI is InChI=1S/C11H18N2S/c1-4-5-6-9(2)12-7-11-8-14-10(3)13-11/h4,8-9,12H,1,5-7H2,2-3H3. The normalized spacial score (nSPS) is 12.7. The molecular formula is C11H18N2S. The fourth-order valence-electron chi connectivity index (χ4n) is 1.24. The summed E-state index contributed by atoms with van der Waals surface area (Å²) in [6.45, 7) is 8.83. The minimum atomic E-state index is 0.537. The number of rotatable bonds is 6. The summed E-state index contributed by atoms with van der Waals surface area (Å²) in [4.78, 5) is 4.40. The van der Waals surface area contributed by atoms with E-state index in [4.69, 9.17) is 0 Å². The summed E-state index contributed by atoms with van der Waals surface area (Å²) in [6.07, 6.45) is 4.18. The molecule has 0 aliphatic carbocycles. The lowest BCUT2D eigenvalue weighted by Gasteiger charge is -2.10. The third-order valence-electron chi connectivity index (χ3n) is 2.10. The van der Waals surface area contributed by atoms with Crippen molar-refractivity contribution >= 4 is 11.3 Å². The molecular weight excluding hydrogens is 192 g/mol. The first-order chi connectivity index (χ1) is 6.72. The number of hydrogen-bond donors (Lipinski definition) is 1. The zero-order valence-corrected chi connectivity index (χ0v) is 9.73. The van der Waals surface area contributed by atoms with Crippen LogP contribution in [0.1, 0.15) is 30.5 Å². The summed E-state index contributed by atoms with van der Waals surface area (Å²) in [7, 11) is 0. The van der Waals surface area contributed by atoms with Crippen molar-refractivity contribution in [2.75, 3.05) is 0 Å². The topological polar surface area (TPSA) is 24.9 Å². The maximum Gasteiger partial charge on any atom is 0.0897 e. The molecule has 1 N–H and O–H groups in total. The van der Waals surface area contributed by atoms with Crippen LogP contribution in [-0.4, -0.2) is 11.0 Å². The van der Waals surface area contributed by atoms with Gasteiger partial charge in [0.15, 0.2) is 0 Å². The van der Waals surface area contributed by atoms with Gasteiger partial charge in [0.25, 0.3) is 0 Å². The number of aromatic nitrogens is 1. The summed E-state index contributed by atoms with van der Waals surface area (Å²) >= 11 is 1.71. The van der Waals surface area contributed by atoms with Crippen molar-refractivity contribution in [1.82, 2.24) is 10.3 Å². The Kier molecular flexibility index (Phi) is 4.84. The highest BCUT2D eigenvalue weighted by Gasteiger charge is 2.02. The van der Waals surface area contributed by atoms with Crippen LogP contribution in [0, 0.1) is 6.92 Å². The van der Waals surface area contributed by atoms with E-state index in [1.165, 1.54) is 0 Å². The average molecular weight is 210 g/mol. The van der Waals surface area contributed by atoms with Crippen molar-refractivity contribution < 1.29 is 0 Å². The molecule has 0 aliphatic rings. The Hall–Kier alpha value is -0.670. The van der Waals surface area contributed by atoms with Crippen molar-refractivity contribution in [3.8, 4) is 0 Å². The Morgan fingerprint density at radius 2 is 2.50 bits per heavy atom. The van der Waals surface area contributed by atoms with Crippen LogP contribution in [0.25, 0.3) is 0 Å². The van der Waals surface area contributed by atoms with E-state index in [0.717, 1.165) is 30.1 Å². The molecule has 1 rings (SSSR count). The Labute approximate surface area is 90.1 Å². The van der Waals surface area contributed by atoms with E-state index in [1.807, 2.05) is 13.0 Å². The average Bonchev–Trinajstić information content (AvgIpc) is 2.58. The lowest BCUT2D eigenvalue weighted by molar-refractivity contribution is 0.514. The van der Waals surface area contributed by atoms with Gasteiger partial charge in [-0.2, -0.15) is 0 Å². The van der Waals surface area contributed by atoms with E-state index in [0.29, 0.717) is 6.04 Å². The van der Waals surface area contributed by atoms with Crippen LogP contribution in [0.5, 0.6) is 0 Å². The predicted molar refractivity (Wildman–Crippen MR) is 62.6 cm³/mol. The molecule has 0 saturated heterocycles. The zero-order chi connectivity index (χ0) is 10.4. The van der Waals surface area contributed by atoms with Gasteiger partial charge in [-0.15, -0.1) is 17.9 Å². The molecule has 1 aromatic rings. The molecule has 0 aromatic carbocycles. The van der Waals surface area contributed by atoms with E-state index in [-0.39, 0.29) is 0 Å². The lowest BCUT2D eigenvalue weighted by atomic mass is 10.2. The third kappa shape index (κ3) is 4.03. The first-order valence-corrected chi connectivity index (χ1v) is 5.85. The van der Waals surface area contributed by atoms with Gasteiger partial charge in [0.05, 0.1) is 10.7 Å². The van der Waals surface area contributed by atoms with Gasteiger partial charge in [0.1, 0.15) is 0 Å². The zero-order valence-electron chi connectivity index (χ0n) is 8.92. The summed E-state index contributed by atoms with van der Waals surface area (Å²) in [5.74, 6) is 0. The van der Waals surface area contributed by atoms with Crippen LogP contribution in [0.2, 0.25) is 0 Å². The summed E-state index contributed by atoms with van der Waals surface area (Å²) in [5, 5.41) is 6.70. The van der Waals surface area contributed by atoms with E-state index in [1.54, 1.807) is 11.3 Å². The van der Waals surface area contributed by atoms with Gasteiger partial charge in [-0.05, 0) is 26.7 Å². The molecule has 0 amide bonds. The van der Waals surface area contributed by atoms with Gasteiger partial charge < -0.3 is 5.32 Å². The molecule has 1 aromatic heterocycles. The second-order valence-corrected chi connectivity index (χ2v) is 4.57. The van der Waals surface area contributed by atoms with Crippen molar-refractivity contribution in [2.24, 2.45) is 0 Å². The van der Waals surface area contributed by atoms with Crippen LogP contribution >= 0.6 is 11.3 Å². The number of allylic oxidation sites excluding steroid dienone is 1. The molecule has 0 radical (unpaired) electrons. The molecule has 1 unspecified atom stereocenters. The van der Waals surface area contributed by atoms with Crippen molar-refractivity contribution in [1.29, 1.82) is 0 Å². The minimum absolute atomic E-state index is 0.537. The number of nitrogens with zero attached hydrogens (tertiary/aromatic N) is 1. The third-order valence-corrected chi connectivity index (χ3v) is 2.92. The molecule has 2 nitrogen and oxygen atoms in total. The molecule has 1 heterocycles. The fraction of sp³-hybridized carbons (Fsp3) is 0.545. The van der Waals surface area contributed by atoms with Crippen molar-refractivity contribution in [2.45, 2.75) is 39.3 Å². The summed E-state index contributed by atoms with van der Waals surface area (Å²) in [5.41, 5.74) is 1.15. The number of aryl methyl sites for hydroxylation is 1. The number of nitrogens with one attached hydrogen (secondary N) is 1. The molecule has 0 spiro atoms. The second kappa shape index (κ2) is 5.94. The van der Waals surface area contributed by atoms with Gasteiger partial charge >= 0.3 is 0 Å². The van der Waals surface area contributed by atoms with Gasteiger partial charge in [-0.3, -0.25) is 0 Å². The van der Waals surface area contributed by atoms with Crippen LogP contribution in [0.4, 0.5) is 0 Å². The van der Waals surface area contributed by atoms with Crippen molar-refractivity contribution in [3.63, 3.8) is 0 Å². The monoisotopic (exact) mass is 210 g/mol. The van der Waals surface area contributed by atoms with Gasteiger partial charge in [0, 0.05) is 18.0 Å². The molecule has 0 saturated carbocycles. The molecule has 0 bridgehead atoms. The Morgan fingerprint density at radius 1 is 1.71 bits per heavy atom. The highest BCUT2D eigenvalue weighted by Crippen LogP contribution is 2.08. The highest BCUT2D eigenvalue weighted by molar-refractivity contribution is 7.09. The first kappa shape index (κ1) is 11.4. The lowest BCUT2D eigenvalue weighted by Crippen LogP contribution is -2.25. The highest BCUT2D eigenvalue weighted by atomic mass is 32.1. The smallest absolute Gasteiger partial charge is 0.0897 e. The Morgan fingerprint density at radius 3 is 3.07 bits per heavy atom. The van der Waals surface area contributed by atoms with E-state index in [9.17, 15) is 0 Å². The van der Waals surface area contributed by atoms with E-state index < -0.39 is 0 Å². The molecule has 78 valence electrons. The first-order valence-electron chi connectivity index (χ1n) is 4.97. The van der Waals surface area contributed by atoms with Gasteiger partial charge in [-0.25, -0.2) is 4.98 Å². The quantitative estimate of drug-likeness (QED) is 0.730. The maximum atomic E-state index is 4.40. The maximum absolute atomic E-state index is 4.40. The molecule has 0 aliphatic heterocycles. The van der Waals surface area contributed by atoms with E-state index >= 15 is 0 Å². The largest absolute Gasteiger partial charge is 0.309 e. The van der Waals surface area contributed by atoms with Crippen LogP contribution in [0.15, 0.2) is 18.0 Å². The SMILES string of the molecule is C=CCCC(C)NCc1csc(C)n1. The Balaban J connectivity index is 2.23. The van der Waals surface area contributed by atoms with Crippen LogP contribution in [-0.2, 0) is 6.54 Å². The van der Waals surface area contributed by atoms with E-state index in [2.05, 4.69) is 29.2 Å². The predicted octanol–water partition coefficient (Wildman–Crippen LogP) is 2.90. The van der Waals surface area contributed by atoms with Gasteiger partial charge in [-0.1, -0.05) is 6.08 Å². The molecule has 14 heavy (non-hydrogen) atoms. The number of hydrogen-bond acceptors (Lipinski definition) is 3. The molecule has 3 heteroatoms. The number of thiazole rings is 1. The second-order valence-electron chi connectivity index (χ2n) is 3.51. The molecule has 0 fully saturated rings. The summed E-state index contributed by atoms with van der Waals surface area (Å²) in [6, 6.07) is 0.537. The van der Waals surface area contributed by atoms with Crippen LogP contribution in [0.3, 0.4) is 0 Å². The Bertz CT molecular complexity index is 281. The van der Waals surface area contributed by atoms with Crippen molar-refractivity contribution in [3.05, 3.63) is 28.7 Å². The fourth-order valence-corrected chi connectivity index (χ4v) is 1.85. The van der Waals surface area contributed by atoms with Crippen LogP contribution < -0.4 is 5.32 Å². The minimum Gasteiger partial charge on any atom is -0.309 e. The summed E-state index contributed by atoms with van der Waals surface area (Å²) < 4.78 is 0. The molecule has 1 atom stereocenters. The van der Waals surface area contributed by atoms with Gasteiger partial charge in [0.2, 0.25) is 0 Å².